The van der Waals surface area contributed by atoms with Gasteiger partial charge < -0.3 is 4.98 Å². The number of hydrogen-bond acceptors (Lipinski definition) is 3. The number of benzene rings is 2. The van der Waals surface area contributed by atoms with Crippen molar-refractivity contribution in [3.63, 3.8) is 0 Å². The number of anilines is 1. The van der Waals surface area contributed by atoms with Gasteiger partial charge in [0.25, 0.3) is 0 Å². The Hall–Kier alpha value is -3.26. The van der Waals surface area contributed by atoms with Crippen molar-refractivity contribution in [1.29, 1.82) is 0 Å². The van der Waals surface area contributed by atoms with Crippen LogP contribution in [0.15, 0.2) is 60.9 Å². The maximum atomic E-state index is 15.5. The topological polar surface area (TPSA) is 74.8 Å². The van der Waals surface area contributed by atoms with Crippen molar-refractivity contribution in [3.05, 3.63) is 83.7 Å². The monoisotopic (exact) mass is 469 g/mol. The molecule has 0 bridgehead atoms. The van der Waals surface area contributed by atoms with Crippen LogP contribution in [0.5, 0.6) is 0 Å². The van der Waals surface area contributed by atoms with Gasteiger partial charge in [-0.3, -0.25) is 4.72 Å². The molecule has 8 heteroatoms. The van der Waals surface area contributed by atoms with Crippen LogP contribution in [0.25, 0.3) is 22.2 Å². The Labute approximate surface area is 191 Å². The standard InChI is InChI=1S/C25H25F2N3O2S/c1-3-12-33(31,32)30-22-11-10-21(26)23(24(22)27)18(4-2)20-15-29-25-19(20)13-17(14-28-25)16-8-6-5-7-9-16/h5-11,13-15,18,30H,3-4,12H2,1-2H3,(H,28,29). The molecule has 0 amide bonds. The molecule has 0 aliphatic rings. The summed E-state index contributed by atoms with van der Waals surface area (Å²) in [6.07, 6.45) is 4.26. The lowest BCUT2D eigenvalue weighted by Gasteiger charge is -2.19. The van der Waals surface area contributed by atoms with Gasteiger partial charge in [0.1, 0.15) is 11.5 Å². The molecule has 1 atom stereocenters. The highest BCUT2D eigenvalue weighted by Crippen LogP contribution is 2.38. The van der Waals surface area contributed by atoms with Gasteiger partial charge in [0.05, 0.1) is 11.4 Å². The molecule has 1 unspecified atom stereocenters. The largest absolute Gasteiger partial charge is 0.346 e. The molecule has 2 aromatic heterocycles. The van der Waals surface area contributed by atoms with Crippen molar-refractivity contribution in [3.8, 4) is 11.1 Å². The smallest absolute Gasteiger partial charge is 0.232 e. The highest BCUT2D eigenvalue weighted by atomic mass is 32.2. The summed E-state index contributed by atoms with van der Waals surface area (Å²) in [4.78, 5) is 7.58. The fourth-order valence-electron chi connectivity index (χ4n) is 4.13. The maximum absolute atomic E-state index is 15.5. The van der Waals surface area contributed by atoms with Gasteiger partial charge in [0.2, 0.25) is 10.0 Å². The first-order valence-corrected chi connectivity index (χ1v) is 12.5. The van der Waals surface area contributed by atoms with Gasteiger partial charge in [-0.1, -0.05) is 44.2 Å². The number of nitrogens with one attached hydrogen (secondary N) is 2. The number of sulfonamides is 1. The summed E-state index contributed by atoms with van der Waals surface area (Å²) >= 11 is 0. The minimum Gasteiger partial charge on any atom is -0.346 e. The summed E-state index contributed by atoms with van der Waals surface area (Å²) in [5.41, 5.74) is 2.77. The number of nitrogens with zero attached hydrogens (tertiary/aromatic N) is 1. The van der Waals surface area contributed by atoms with E-state index in [0.29, 0.717) is 24.1 Å². The minimum absolute atomic E-state index is 0.146. The lowest BCUT2D eigenvalue weighted by molar-refractivity contribution is 0.539. The number of fused-ring (bicyclic) bond motifs is 1. The van der Waals surface area contributed by atoms with E-state index in [1.807, 2.05) is 43.3 Å². The Morgan fingerprint density at radius 3 is 2.52 bits per heavy atom. The third-order valence-electron chi connectivity index (χ3n) is 5.67. The van der Waals surface area contributed by atoms with Crippen LogP contribution in [0.2, 0.25) is 0 Å². The van der Waals surface area contributed by atoms with Crippen molar-refractivity contribution in [2.24, 2.45) is 0 Å². The first-order valence-electron chi connectivity index (χ1n) is 10.9. The van der Waals surface area contributed by atoms with E-state index in [-0.39, 0.29) is 17.0 Å². The SMILES string of the molecule is CCCS(=O)(=O)Nc1ccc(F)c(C(CC)c2c[nH]c3ncc(-c4ccccc4)cc23)c1F. The molecule has 2 N–H and O–H groups in total. The lowest BCUT2D eigenvalue weighted by atomic mass is 9.87. The zero-order valence-electron chi connectivity index (χ0n) is 18.4. The van der Waals surface area contributed by atoms with Crippen LogP contribution in [-0.2, 0) is 10.0 Å². The molecule has 172 valence electrons. The predicted octanol–water partition coefficient (Wildman–Crippen LogP) is 6.20. The van der Waals surface area contributed by atoms with Crippen LogP contribution >= 0.6 is 0 Å². The number of hydrogen-bond donors (Lipinski definition) is 2. The summed E-state index contributed by atoms with van der Waals surface area (Å²) in [5.74, 6) is -2.41. The summed E-state index contributed by atoms with van der Waals surface area (Å²) in [5, 5.41) is 0.763. The van der Waals surface area contributed by atoms with Crippen molar-refractivity contribution in [2.45, 2.75) is 32.6 Å². The number of pyridine rings is 1. The van der Waals surface area contributed by atoms with E-state index in [0.717, 1.165) is 28.6 Å². The molecule has 0 fully saturated rings. The van der Waals surface area contributed by atoms with Gasteiger partial charge >= 0.3 is 0 Å². The molecule has 4 aromatic rings. The molecule has 0 spiro atoms. The number of halogens is 2. The summed E-state index contributed by atoms with van der Waals surface area (Å²) in [7, 11) is -3.72. The summed E-state index contributed by atoms with van der Waals surface area (Å²) in [6.45, 7) is 3.55. The summed E-state index contributed by atoms with van der Waals surface area (Å²) in [6, 6.07) is 13.9. The second-order valence-corrected chi connectivity index (χ2v) is 9.78. The zero-order chi connectivity index (χ0) is 23.6. The minimum atomic E-state index is -3.72. The lowest BCUT2D eigenvalue weighted by Crippen LogP contribution is -2.18. The fourth-order valence-corrected chi connectivity index (χ4v) is 5.27. The highest BCUT2D eigenvalue weighted by molar-refractivity contribution is 7.92. The van der Waals surface area contributed by atoms with Crippen LogP contribution in [0.3, 0.4) is 0 Å². The zero-order valence-corrected chi connectivity index (χ0v) is 19.2. The summed E-state index contributed by atoms with van der Waals surface area (Å²) < 4.78 is 57.0. The molecule has 2 heterocycles. The molecule has 4 rings (SSSR count). The van der Waals surface area contributed by atoms with Crippen LogP contribution < -0.4 is 4.72 Å². The van der Waals surface area contributed by atoms with E-state index >= 15 is 4.39 Å². The van der Waals surface area contributed by atoms with Crippen LogP contribution in [-0.4, -0.2) is 24.1 Å². The highest BCUT2D eigenvalue weighted by Gasteiger charge is 2.26. The van der Waals surface area contributed by atoms with Gasteiger partial charge in [-0.15, -0.1) is 0 Å². The first-order chi connectivity index (χ1) is 15.8. The van der Waals surface area contributed by atoms with Gasteiger partial charge in [0.15, 0.2) is 5.82 Å². The van der Waals surface area contributed by atoms with E-state index in [1.54, 1.807) is 19.3 Å². The third kappa shape index (κ3) is 4.61. The Morgan fingerprint density at radius 1 is 1.06 bits per heavy atom. The van der Waals surface area contributed by atoms with Crippen molar-refractivity contribution >= 4 is 26.7 Å². The number of aromatic amines is 1. The maximum Gasteiger partial charge on any atom is 0.232 e. The molecule has 5 nitrogen and oxygen atoms in total. The molecule has 0 saturated carbocycles. The Balaban J connectivity index is 1.81. The van der Waals surface area contributed by atoms with Crippen LogP contribution in [0.1, 0.15) is 43.7 Å². The van der Waals surface area contributed by atoms with Gasteiger partial charge in [0, 0.05) is 34.8 Å². The van der Waals surface area contributed by atoms with E-state index < -0.39 is 27.6 Å². The molecular formula is C25H25F2N3O2S. The van der Waals surface area contributed by atoms with Crippen LogP contribution in [0.4, 0.5) is 14.5 Å². The Morgan fingerprint density at radius 2 is 1.82 bits per heavy atom. The molecule has 0 aliphatic heterocycles. The fraction of sp³-hybridized carbons (Fsp3) is 0.240. The second kappa shape index (κ2) is 9.31. The average Bonchev–Trinajstić information content (AvgIpc) is 3.22. The number of H-pyrrole nitrogens is 1. The van der Waals surface area contributed by atoms with E-state index in [4.69, 9.17) is 0 Å². The Bertz CT molecular complexity index is 1390. The molecule has 0 radical (unpaired) electrons. The molecular weight excluding hydrogens is 444 g/mol. The number of rotatable bonds is 8. The molecule has 33 heavy (non-hydrogen) atoms. The van der Waals surface area contributed by atoms with Gasteiger partial charge in [-0.25, -0.2) is 22.2 Å². The average molecular weight is 470 g/mol. The van der Waals surface area contributed by atoms with Crippen molar-refractivity contribution in [2.75, 3.05) is 10.5 Å². The second-order valence-electron chi connectivity index (χ2n) is 7.93. The van der Waals surface area contributed by atoms with Crippen molar-refractivity contribution < 1.29 is 17.2 Å². The number of aromatic nitrogens is 2. The van der Waals surface area contributed by atoms with Gasteiger partial charge in [-0.05, 0) is 42.2 Å². The quantitative estimate of drug-likeness (QED) is 0.323. The van der Waals surface area contributed by atoms with E-state index in [9.17, 15) is 12.8 Å². The van der Waals surface area contributed by atoms with Crippen molar-refractivity contribution in [1.82, 2.24) is 9.97 Å². The van der Waals surface area contributed by atoms with Gasteiger partial charge in [-0.2, -0.15) is 0 Å². The normalized spacial score (nSPS) is 12.7. The van der Waals surface area contributed by atoms with Crippen LogP contribution in [0, 0.1) is 11.6 Å². The Kier molecular flexibility index (Phi) is 6.47. The molecule has 0 aliphatic carbocycles. The van der Waals surface area contributed by atoms with E-state index in [2.05, 4.69) is 14.7 Å². The molecule has 2 aromatic carbocycles. The predicted molar refractivity (Wildman–Crippen MR) is 128 cm³/mol. The molecule has 0 saturated heterocycles. The van der Waals surface area contributed by atoms with E-state index in [1.165, 1.54) is 0 Å². The third-order valence-corrected chi connectivity index (χ3v) is 7.14. The first kappa shape index (κ1) is 22.9.